The molecule has 0 aromatic carbocycles. The zero-order chi connectivity index (χ0) is 18.8. The fraction of sp³-hybridized carbons (Fsp3) is 0.429. The second kappa shape index (κ2) is 11.5. The molecule has 8 nitrogen and oxygen atoms in total. The van der Waals surface area contributed by atoms with Gasteiger partial charge in [0.15, 0.2) is 10.3 Å². The molecule has 0 fully saturated rings. The van der Waals surface area contributed by atoms with Crippen molar-refractivity contribution in [2.24, 2.45) is 0 Å². The topological polar surface area (TPSA) is 124 Å². The van der Waals surface area contributed by atoms with Crippen LogP contribution in [0.3, 0.4) is 0 Å². The van der Waals surface area contributed by atoms with E-state index >= 15 is 0 Å². The van der Waals surface area contributed by atoms with Crippen LogP contribution in [0.2, 0.25) is 0 Å². The predicted octanol–water partition coefficient (Wildman–Crippen LogP) is 1.36. The lowest BCUT2D eigenvalue weighted by molar-refractivity contribution is -0.114. The van der Waals surface area contributed by atoms with Gasteiger partial charge in [0.2, 0.25) is 11.8 Å². The van der Waals surface area contributed by atoms with Crippen LogP contribution in [-0.2, 0) is 9.59 Å². The van der Waals surface area contributed by atoms with Gasteiger partial charge in [-0.1, -0.05) is 0 Å². The van der Waals surface area contributed by atoms with Gasteiger partial charge in [0.25, 0.3) is 0 Å². The van der Waals surface area contributed by atoms with Crippen LogP contribution in [-0.4, -0.2) is 67.2 Å². The van der Waals surface area contributed by atoms with E-state index in [2.05, 4.69) is 20.6 Å². The zero-order valence-corrected chi connectivity index (χ0v) is 16.8. The van der Waals surface area contributed by atoms with E-state index in [-0.39, 0.29) is 34.8 Å². The molecular formula is C14H18N4O4S4. The first-order chi connectivity index (χ1) is 12.5. The van der Waals surface area contributed by atoms with Crippen LogP contribution >= 0.6 is 46.2 Å². The Kier molecular flexibility index (Phi) is 9.36. The van der Waals surface area contributed by atoms with E-state index in [0.717, 1.165) is 0 Å². The number of anilines is 2. The number of thioether (sulfide) groups is 2. The minimum absolute atomic E-state index is 0.159. The van der Waals surface area contributed by atoms with Crippen LogP contribution in [0.1, 0.15) is 0 Å². The van der Waals surface area contributed by atoms with Crippen molar-refractivity contribution in [1.29, 1.82) is 0 Å². The summed E-state index contributed by atoms with van der Waals surface area (Å²) in [7, 11) is 0. The zero-order valence-electron chi connectivity index (χ0n) is 13.5. The Morgan fingerprint density at radius 3 is 1.69 bits per heavy atom. The molecule has 142 valence electrons. The number of carbonyl (C=O) groups excluding carboxylic acids is 2. The number of hydrogen-bond donors (Lipinski definition) is 4. The Hall–Kier alpha value is -1.18. The standard InChI is InChI=1S/C14H18N4O4S4/c19-9(5-23-7-11(21)17-13-15-1-3-25-13)10(20)6-24-8-12(22)18-14-16-2-4-26-14/h1-4,9-10,19-20H,5-8H2,(H,15,17,21)(H,16,18,22)/t9-,10+. The van der Waals surface area contributed by atoms with E-state index in [1.165, 1.54) is 46.2 Å². The van der Waals surface area contributed by atoms with Gasteiger partial charge in [0, 0.05) is 34.7 Å². The number of nitrogens with zero attached hydrogens (tertiary/aromatic N) is 2. The number of hydrogen-bond acceptors (Lipinski definition) is 10. The van der Waals surface area contributed by atoms with Gasteiger partial charge in [-0.25, -0.2) is 9.97 Å². The lowest BCUT2D eigenvalue weighted by Crippen LogP contribution is -2.31. The molecule has 2 rings (SSSR count). The fourth-order valence-corrected chi connectivity index (χ4v) is 4.42. The average molecular weight is 435 g/mol. The molecule has 2 heterocycles. The summed E-state index contributed by atoms with van der Waals surface area (Å²) in [5.74, 6) is 0.343. The molecule has 2 aromatic rings. The monoisotopic (exact) mass is 434 g/mol. The normalized spacial score (nSPS) is 13.2. The number of thiazole rings is 2. The molecule has 0 radical (unpaired) electrons. The summed E-state index contributed by atoms with van der Waals surface area (Å²) in [6, 6.07) is 0. The molecule has 0 bridgehead atoms. The molecule has 0 aliphatic carbocycles. The number of amides is 2. The van der Waals surface area contributed by atoms with Crippen molar-refractivity contribution in [2.45, 2.75) is 12.2 Å². The molecule has 0 aliphatic heterocycles. The molecule has 2 atom stereocenters. The third kappa shape index (κ3) is 8.01. The molecule has 12 heteroatoms. The van der Waals surface area contributed by atoms with E-state index in [9.17, 15) is 19.8 Å². The number of rotatable bonds is 11. The number of aliphatic hydroxyl groups is 2. The Balaban J connectivity index is 1.54. The first-order valence-corrected chi connectivity index (χ1v) is 11.5. The highest BCUT2D eigenvalue weighted by atomic mass is 32.2. The van der Waals surface area contributed by atoms with Gasteiger partial charge >= 0.3 is 0 Å². The van der Waals surface area contributed by atoms with Crippen LogP contribution in [0.5, 0.6) is 0 Å². The highest BCUT2D eigenvalue weighted by Crippen LogP contribution is 2.15. The SMILES string of the molecule is O=C(CSC[C@@H](O)[C@@H](O)CSCC(=O)Nc1nccs1)Nc1nccs1. The van der Waals surface area contributed by atoms with Crippen LogP contribution in [0.4, 0.5) is 10.3 Å². The lowest BCUT2D eigenvalue weighted by Gasteiger charge is -2.16. The van der Waals surface area contributed by atoms with Crippen LogP contribution in [0.15, 0.2) is 23.2 Å². The third-order valence-electron chi connectivity index (χ3n) is 2.85. The number of aliphatic hydroxyl groups excluding tert-OH is 2. The minimum atomic E-state index is -0.970. The summed E-state index contributed by atoms with van der Waals surface area (Å²) in [6.07, 6.45) is 1.26. The average Bonchev–Trinajstić information content (AvgIpc) is 3.28. The van der Waals surface area contributed by atoms with E-state index in [1.807, 2.05) is 0 Å². The van der Waals surface area contributed by atoms with Gasteiger partial charge < -0.3 is 20.8 Å². The second-order valence-corrected chi connectivity index (χ2v) is 8.79. The van der Waals surface area contributed by atoms with Gasteiger partial charge in [0.05, 0.1) is 23.7 Å². The van der Waals surface area contributed by atoms with Crippen molar-refractivity contribution >= 4 is 68.3 Å². The number of carbonyl (C=O) groups is 2. The summed E-state index contributed by atoms with van der Waals surface area (Å²) in [6.45, 7) is 0. The summed E-state index contributed by atoms with van der Waals surface area (Å²) in [5, 5.41) is 29.7. The molecule has 0 spiro atoms. The van der Waals surface area contributed by atoms with E-state index in [1.54, 1.807) is 23.2 Å². The highest BCUT2D eigenvalue weighted by molar-refractivity contribution is 8.00. The van der Waals surface area contributed by atoms with Gasteiger partial charge in [-0.2, -0.15) is 0 Å². The summed E-state index contributed by atoms with van der Waals surface area (Å²) in [4.78, 5) is 31.3. The number of nitrogens with one attached hydrogen (secondary N) is 2. The van der Waals surface area contributed by atoms with Gasteiger partial charge in [-0.15, -0.1) is 46.2 Å². The summed E-state index contributed by atoms with van der Waals surface area (Å²) >= 11 is 5.10. The van der Waals surface area contributed by atoms with Gasteiger partial charge in [0.1, 0.15) is 0 Å². The molecular weight excluding hydrogens is 416 g/mol. The van der Waals surface area contributed by atoms with Crippen molar-refractivity contribution in [3.63, 3.8) is 0 Å². The first-order valence-electron chi connectivity index (χ1n) is 7.45. The molecule has 0 saturated carbocycles. The molecule has 0 aliphatic rings. The maximum Gasteiger partial charge on any atom is 0.236 e. The predicted molar refractivity (Wildman–Crippen MR) is 108 cm³/mol. The van der Waals surface area contributed by atoms with Crippen molar-refractivity contribution in [3.05, 3.63) is 23.2 Å². The van der Waals surface area contributed by atoms with Gasteiger partial charge in [-0.05, 0) is 0 Å². The third-order valence-corrected chi connectivity index (χ3v) is 6.31. The summed E-state index contributed by atoms with van der Waals surface area (Å²) in [5.41, 5.74) is 0. The number of aromatic nitrogens is 2. The van der Waals surface area contributed by atoms with Crippen molar-refractivity contribution in [1.82, 2.24) is 9.97 Å². The molecule has 2 amide bonds. The smallest absolute Gasteiger partial charge is 0.236 e. The highest BCUT2D eigenvalue weighted by Gasteiger charge is 2.18. The Morgan fingerprint density at radius 1 is 0.923 bits per heavy atom. The Labute approximate surface area is 166 Å². The largest absolute Gasteiger partial charge is 0.390 e. The molecule has 2 aromatic heterocycles. The first kappa shape index (κ1) is 21.1. The van der Waals surface area contributed by atoms with E-state index < -0.39 is 12.2 Å². The maximum absolute atomic E-state index is 11.7. The van der Waals surface area contributed by atoms with E-state index in [0.29, 0.717) is 10.3 Å². The maximum atomic E-state index is 11.7. The summed E-state index contributed by atoms with van der Waals surface area (Å²) < 4.78 is 0. The van der Waals surface area contributed by atoms with Crippen LogP contribution in [0.25, 0.3) is 0 Å². The van der Waals surface area contributed by atoms with Crippen molar-refractivity contribution in [3.8, 4) is 0 Å². The van der Waals surface area contributed by atoms with E-state index in [4.69, 9.17) is 0 Å². The Morgan fingerprint density at radius 2 is 1.35 bits per heavy atom. The van der Waals surface area contributed by atoms with Gasteiger partial charge in [-0.3, -0.25) is 9.59 Å². The van der Waals surface area contributed by atoms with Crippen LogP contribution < -0.4 is 10.6 Å². The fourth-order valence-electron chi connectivity index (χ4n) is 1.65. The minimum Gasteiger partial charge on any atom is -0.390 e. The van der Waals surface area contributed by atoms with Crippen LogP contribution in [0, 0.1) is 0 Å². The molecule has 0 unspecified atom stereocenters. The molecule has 0 saturated heterocycles. The molecule has 26 heavy (non-hydrogen) atoms. The van der Waals surface area contributed by atoms with Crippen molar-refractivity contribution < 1.29 is 19.8 Å². The Bertz CT molecular complexity index is 610. The lowest BCUT2D eigenvalue weighted by atomic mass is 10.3. The second-order valence-electron chi connectivity index (χ2n) is 4.94. The molecule has 4 N–H and O–H groups in total. The van der Waals surface area contributed by atoms with Crippen molar-refractivity contribution in [2.75, 3.05) is 33.6 Å². The quantitative estimate of drug-likeness (QED) is 0.418.